The Morgan fingerprint density at radius 3 is 2.54 bits per heavy atom. The van der Waals surface area contributed by atoms with Crippen LogP contribution in [0.4, 0.5) is 0 Å². The first-order valence-electron chi connectivity index (χ1n) is 5.04. The Morgan fingerprint density at radius 2 is 2.08 bits per heavy atom. The van der Waals surface area contributed by atoms with E-state index in [1.165, 1.54) is 12.8 Å². The van der Waals surface area contributed by atoms with E-state index in [9.17, 15) is 4.79 Å². The van der Waals surface area contributed by atoms with Gasteiger partial charge in [0.05, 0.1) is 6.61 Å². The molecule has 3 heteroatoms. The molecule has 2 aliphatic rings. The molecule has 0 bridgehead atoms. The van der Waals surface area contributed by atoms with E-state index in [1.807, 2.05) is 0 Å². The van der Waals surface area contributed by atoms with Gasteiger partial charge in [-0.2, -0.15) is 0 Å². The summed E-state index contributed by atoms with van der Waals surface area (Å²) >= 11 is 0. The highest BCUT2D eigenvalue weighted by Crippen LogP contribution is 2.39. The lowest BCUT2D eigenvalue weighted by molar-refractivity contribution is -0.140. The molecular weight excluding hydrogens is 166 g/mol. The molecule has 0 aromatic heterocycles. The number of ether oxygens (including phenoxy) is 1. The van der Waals surface area contributed by atoms with Crippen LogP contribution in [-0.4, -0.2) is 24.2 Å². The molecule has 74 valence electrons. The predicted octanol–water partition coefficient (Wildman–Crippen LogP) is 1.08. The molecule has 1 saturated heterocycles. The molecular formula is C10H17NO2. The number of hydrogen-bond acceptors (Lipinski definition) is 3. The summed E-state index contributed by atoms with van der Waals surface area (Å²) in [4.78, 5) is 11.2. The summed E-state index contributed by atoms with van der Waals surface area (Å²) in [6.07, 6.45) is 3.42. The van der Waals surface area contributed by atoms with Crippen molar-refractivity contribution in [1.29, 1.82) is 0 Å². The molecule has 1 heterocycles. The maximum Gasteiger partial charge on any atom is 0.323 e. The molecule has 0 amide bonds. The Kier molecular flexibility index (Phi) is 2.06. The van der Waals surface area contributed by atoms with E-state index in [0.29, 0.717) is 6.61 Å². The SMILES string of the molecule is CC(C)(NC1CCOC1=O)C1CC1. The van der Waals surface area contributed by atoms with E-state index in [4.69, 9.17) is 4.74 Å². The summed E-state index contributed by atoms with van der Waals surface area (Å²) in [5.74, 6) is 0.676. The molecule has 0 aromatic rings. The van der Waals surface area contributed by atoms with Crippen molar-refractivity contribution >= 4 is 5.97 Å². The summed E-state index contributed by atoms with van der Waals surface area (Å²) < 4.78 is 4.91. The monoisotopic (exact) mass is 183 g/mol. The number of carbonyl (C=O) groups excluding carboxylic acids is 1. The fraction of sp³-hybridized carbons (Fsp3) is 0.900. The summed E-state index contributed by atoms with van der Waals surface area (Å²) in [6.45, 7) is 4.93. The third kappa shape index (κ3) is 1.85. The maximum absolute atomic E-state index is 11.2. The van der Waals surface area contributed by atoms with Crippen molar-refractivity contribution in [2.45, 2.75) is 44.7 Å². The van der Waals surface area contributed by atoms with Crippen LogP contribution in [0, 0.1) is 5.92 Å². The van der Waals surface area contributed by atoms with Crippen LogP contribution in [0.2, 0.25) is 0 Å². The van der Waals surface area contributed by atoms with Gasteiger partial charge in [-0.1, -0.05) is 0 Å². The number of hydrogen-bond donors (Lipinski definition) is 1. The van der Waals surface area contributed by atoms with E-state index in [1.54, 1.807) is 0 Å². The van der Waals surface area contributed by atoms with Gasteiger partial charge in [0.15, 0.2) is 0 Å². The lowest BCUT2D eigenvalue weighted by atomic mass is 9.97. The van der Waals surface area contributed by atoms with E-state index in [-0.39, 0.29) is 17.6 Å². The van der Waals surface area contributed by atoms with Gasteiger partial charge < -0.3 is 4.74 Å². The molecule has 1 atom stereocenters. The highest BCUT2D eigenvalue weighted by atomic mass is 16.5. The maximum atomic E-state index is 11.2. The van der Waals surface area contributed by atoms with Gasteiger partial charge in [-0.3, -0.25) is 10.1 Å². The lowest BCUT2D eigenvalue weighted by Gasteiger charge is -2.28. The molecule has 0 radical (unpaired) electrons. The molecule has 0 spiro atoms. The van der Waals surface area contributed by atoms with Crippen molar-refractivity contribution in [2.24, 2.45) is 5.92 Å². The van der Waals surface area contributed by atoms with Crippen LogP contribution in [-0.2, 0) is 9.53 Å². The molecule has 1 saturated carbocycles. The van der Waals surface area contributed by atoms with Gasteiger partial charge in [0.25, 0.3) is 0 Å². The van der Waals surface area contributed by atoms with E-state index in [0.717, 1.165) is 12.3 Å². The Morgan fingerprint density at radius 1 is 1.38 bits per heavy atom. The molecule has 3 nitrogen and oxygen atoms in total. The van der Waals surface area contributed by atoms with Crippen LogP contribution >= 0.6 is 0 Å². The van der Waals surface area contributed by atoms with Gasteiger partial charge in [-0.05, 0) is 32.6 Å². The van der Waals surface area contributed by atoms with Crippen LogP contribution in [0.3, 0.4) is 0 Å². The second kappa shape index (κ2) is 2.98. The average molecular weight is 183 g/mol. The minimum absolute atomic E-state index is 0.0596. The van der Waals surface area contributed by atoms with Crippen molar-refractivity contribution in [3.63, 3.8) is 0 Å². The van der Waals surface area contributed by atoms with Gasteiger partial charge in [0.2, 0.25) is 0 Å². The normalized spacial score (nSPS) is 29.1. The number of nitrogens with one attached hydrogen (secondary N) is 1. The Labute approximate surface area is 78.8 Å². The smallest absolute Gasteiger partial charge is 0.323 e. The largest absolute Gasteiger partial charge is 0.464 e. The van der Waals surface area contributed by atoms with Crippen molar-refractivity contribution in [3.8, 4) is 0 Å². The topological polar surface area (TPSA) is 38.3 Å². The van der Waals surface area contributed by atoms with Crippen molar-refractivity contribution in [2.75, 3.05) is 6.61 Å². The Bertz CT molecular complexity index is 221. The fourth-order valence-corrected chi connectivity index (χ4v) is 2.00. The van der Waals surface area contributed by atoms with Gasteiger partial charge in [-0.25, -0.2) is 0 Å². The molecule has 13 heavy (non-hydrogen) atoms. The van der Waals surface area contributed by atoms with Crippen LogP contribution in [0.25, 0.3) is 0 Å². The first kappa shape index (κ1) is 9.00. The molecule has 1 unspecified atom stereocenters. The van der Waals surface area contributed by atoms with E-state index >= 15 is 0 Å². The second-order valence-electron chi connectivity index (χ2n) is 4.65. The molecule has 1 N–H and O–H groups in total. The summed E-state index contributed by atoms with van der Waals surface area (Å²) in [5.41, 5.74) is 0.105. The standard InChI is InChI=1S/C10H17NO2/c1-10(2,7-3-4-7)11-8-5-6-13-9(8)12/h7-8,11H,3-6H2,1-2H3. The van der Waals surface area contributed by atoms with E-state index in [2.05, 4.69) is 19.2 Å². The predicted molar refractivity (Wildman–Crippen MR) is 49.3 cm³/mol. The van der Waals surface area contributed by atoms with Gasteiger partial charge in [0, 0.05) is 12.0 Å². The lowest BCUT2D eigenvalue weighted by Crippen LogP contribution is -2.49. The van der Waals surface area contributed by atoms with Gasteiger partial charge in [-0.15, -0.1) is 0 Å². The summed E-state index contributed by atoms with van der Waals surface area (Å²) in [6, 6.07) is -0.0596. The van der Waals surface area contributed by atoms with Gasteiger partial charge >= 0.3 is 5.97 Å². The average Bonchev–Trinajstić information content (AvgIpc) is 2.80. The zero-order valence-electron chi connectivity index (χ0n) is 8.30. The van der Waals surface area contributed by atoms with Crippen LogP contribution in [0.1, 0.15) is 33.1 Å². The number of carbonyl (C=O) groups is 1. The summed E-state index contributed by atoms with van der Waals surface area (Å²) in [5, 5.41) is 3.39. The number of cyclic esters (lactones) is 1. The molecule has 0 aromatic carbocycles. The van der Waals surface area contributed by atoms with E-state index < -0.39 is 0 Å². The highest BCUT2D eigenvalue weighted by molar-refractivity contribution is 5.77. The second-order valence-corrected chi connectivity index (χ2v) is 4.65. The first-order chi connectivity index (χ1) is 6.09. The number of rotatable bonds is 3. The molecule has 1 aliphatic heterocycles. The third-order valence-electron chi connectivity index (χ3n) is 3.08. The molecule has 2 fully saturated rings. The minimum Gasteiger partial charge on any atom is -0.464 e. The number of esters is 1. The Hall–Kier alpha value is -0.570. The summed E-state index contributed by atoms with van der Waals surface area (Å²) in [7, 11) is 0. The minimum atomic E-state index is -0.0753. The third-order valence-corrected chi connectivity index (χ3v) is 3.08. The van der Waals surface area contributed by atoms with Crippen molar-refractivity contribution in [3.05, 3.63) is 0 Å². The fourth-order valence-electron chi connectivity index (χ4n) is 2.00. The quantitative estimate of drug-likeness (QED) is 0.665. The first-order valence-corrected chi connectivity index (χ1v) is 5.04. The van der Waals surface area contributed by atoms with Crippen LogP contribution < -0.4 is 5.32 Å². The van der Waals surface area contributed by atoms with Crippen molar-refractivity contribution < 1.29 is 9.53 Å². The zero-order chi connectivity index (χ0) is 9.47. The zero-order valence-corrected chi connectivity index (χ0v) is 8.30. The molecule has 2 rings (SSSR count). The van der Waals surface area contributed by atoms with Gasteiger partial charge in [0.1, 0.15) is 6.04 Å². The highest BCUT2D eigenvalue weighted by Gasteiger charge is 2.41. The van der Waals surface area contributed by atoms with Crippen LogP contribution in [0.15, 0.2) is 0 Å². The Balaban J connectivity index is 1.92. The molecule has 1 aliphatic carbocycles. The van der Waals surface area contributed by atoms with Crippen LogP contribution in [0.5, 0.6) is 0 Å². The van der Waals surface area contributed by atoms with Crippen molar-refractivity contribution in [1.82, 2.24) is 5.32 Å².